The van der Waals surface area contributed by atoms with E-state index in [1.54, 1.807) is 25.2 Å². The molecule has 0 aliphatic heterocycles. The summed E-state index contributed by atoms with van der Waals surface area (Å²) < 4.78 is 6.21. The number of benzene rings is 1. The van der Waals surface area contributed by atoms with Gasteiger partial charge in [0, 0.05) is 18.3 Å². The number of amides is 1. The number of aryl methyl sites for hydroxylation is 1. The molecule has 2 rings (SSSR count). The van der Waals surface area contributed by atoms with Crippen molar-refractivity contribution in [1.29, 1.82) is 0 Å². The van der Waals surface area contributed by atoms with E-state index in [9.17, 15) is 9.59 Å². The zero-order valence-corrected chi connectivity index (χ0v) is 11.2. The van der Waals surface area contributed by atoms with Crippen molar-refractivity contribution < 1.29 is 19.4 Å². The average molecular weight is 291 g/mol. The molecule has 0 radical (unpaired) electrons. The second kappa shape index (κ2) is 6.57. The Balaban J connectivity index is 2.00. The number of rotatable bonds is 6. The van der Waals surface area contributed by atoms with E-state index in [0.29, 0.717) is 11.5 Å². The first-order valence-corrected chi connectivity index (χ1v) is 5.98. The molecule has 9 heteroatoms. The van der Waals surface area contributed by atoms with Crippen molar-refractivity contribution in [3.05, 3.63) is 24.3 Å². The number of hydrogen-bond donors (Lipinski definition) is 2. The Morgan fingerprint density at radius 3 is 2.86 bits per heavy atom. The van der Waals surface area contributed by atoms with Crippen LogP contribution in [0.1, 0.15) is 0 Å². The summed E-state index contributed by atoms with van der Waals surface area (Å²) in [4.78, 5) is 21.9. The van der Waals surface area contributed by atoms with Gasteiger partial charge in [-0.2, -0.15) is 0 Å². The predicted octanol–water partition coefficient (Wildman–Crippen LogP) is -0.0832. The highest BCUT2D eigenvalue weighted by Crippen LogP contribution is 2.19. The molecule has 0 aliphatic carbocycles. The largest absolute Gasteiger partial charge is 0.480 e. The Morgan fingerprint density at radius 1 is 1.38 bits per heavy atom. The summed E-state index contributed by atoms with van der Waals surface area (Å²) in [5, 5.41) is 22.2. The normalized spacial score (nSPS) is 10.3. The van der Waals surface area contributed by atoms with Crippen LogP contribution in [-0.4, -0.2) is 50.4 Å². The Hall–Kier alpha value is -2.81. The van der Waals surface area contributed by atoms with Crippen molar-refractivity contribution >= 4 is 17.6 Å². The summed E-state index contributed by atoms with van der Waals surface area (Å²) in [6.45, 7) is -0.847. The summed E-state index contributed by atoms with van der Waals surface area (Å²) in [6.07, 6.45) is 0. The smallest absolute Gasteiger partial charge is 0.329 e. The second-order valence-electron chi connectivity index (χ2n) is 4.14. The molecule has 0 saturated carbocycles. The van der Waals surface area contributed by atoms with Crippen LogP contribution in [0.15, 0.2) is 24.3 Å². The van der Waals surface area contributed by atoms with Gasteiger partial charge in [0.1, 0.15) is 13.2 Å². The molecule has 1 amide bonds. The van der Waals surface area contributed by atoms with Gasteiger partial charge in [-0.25, -0.2) is 9.48 Å². The van der Waals surface area contributed by atoms with Gasteiger partial charge in [0.05, 0.1) is 0 Å². The number of aromatic nitrogens is 4. The van der Waals surface area contributed by atoms with Crippen LogP contribution in [0.5, 0.6) is 0 Å². The van der Waals surface area contributed by atoms with E-state index in [1.165, 1.54) is 4.68 Å². The van der Waals surface area contributed by atoms with Gasteiger partial charge in [-0.1, -0.05) is 12.1 Å². The zero-order valence-electron chi connectivity index (χ0n) is 11.2. The van der Waals surface area contributed by atoms with Crippen molar-refractivity contribution in [2.45, 2.75) is 0 Å². The van der Waals surface area contributed by atoms with Gasteiger partial charge >= 0.3 is 5.97 Å². The van der Waals surface area contributed by atoms with E-state index in [0.717, 1.165) is 5.56 Å². The molecule has 2 N–H and O–H groups in total. The van der Waals surface area contributed by atoms with Crippen molar-refractivity contribution in [2.24, 2.45) is 7.05 Å². The summed E-state index contributed by atoms with van der Waals surface area (Å²) in [5.41, 5.74) is 1.28. The van der Waals surface area contributed by atoms with Gasteiger partial charge in [0.25, 0.3) is 0 Å². The molecule has 0 aliphatic rings. The number of ether oxygens (including phenoxy) is 1. The summed E-state index contributed by atoms with van der Waals surface area (Å²) in [7, 11) is 1.71. The van der Waals surface area contributed by atoms with Crippen LogP contribution < -0.4 is 5.32 Å². The molecule has 1 heterocycles. The van der Waals surface area contributed by atoms with Crippen LogP contribution in [0.3, 0.4) is 0 Å². The van der Waals surface area contributed by atoms with Crippen molar-refractivity contribution in [1.82, 2.24) is 20.2 Å². The summed E-state index contributed by atoms with van der Waals surface area (Å²) in [6, 6.07) is 6.96. The number of carbonyl (C=O) groups excluding carboxylic acids is 1. The minimum absolute atomic E-state index is 0.331. The Labute approximate surface area is 119 Å². The molecular weight excluding hydrogens is 278 g/mol. The lowest BCUT2D eigenvalue weighted by Gasteiger charge is -2.07. The molecular formula is C12H13N5O4. The predicted molar refractivity (Wildman–Crippen MR) is 71.3 cm³/mol. The second-order valence-corrected chi connectivity index (χ2v) is 4.14. The van der Waals surface area contributed by atoms with Crippen LogP contribution in [0.4, 0.5) is 5.69 Å². The van der Waals surface area contributed by atoms with Gasteiger partial charge in [-0.05, 0) is 22.6 Å². The van der Waals surface area contributed by atoms with Crippen molar-refractivity contribution in [3.8, 4) is 11.4 Å². The van der Waals surface area contributed by atoms with Crippen molar-refractivity contribution in [3.63, 3.8) is 0 Å². The van der Waals surface area contributed by atoms with E-state index in [4.69, 9.17) is 9.84 Å². The quantitative estimate of drug-likeness (QED) is 0.763. The third-order valence-electron chi connectivity index (χ3n) is 2.48. The maximum absolute atomic E-state index is 11.6. The maximum Gasteiger partial charge on any atom is 0.329 e. The first-order valence-electron chi connectivity index (χ1n) is 5.98. The number of carboxylic acid groups (broad SMARTS) is 1. The lowest BCUT2D eigenvalue weighted by Crippen LogP contribution is -2.20. The van der Waals surface area contributed by atoms with Crippen LogP contribution in [-0.2, 0) is 21.4 Å². The van der Waals surface area contributed by atoms with Gasteiger partial charge < -0.3 is 15.2 Å². The van der Waals surface area contributed by atoms with Crippen molar-refractivity contribution in [2.75, 3.05) is 18.5 Å². The fourth-order valence-corrected chi connectivity index (χ4v) is 1.64. The number of aliphatic carboxylic acids is 1. The number of tetrazole rings is 1. The van der Waals surface area contributed by atoms with Crippen LogP contribution in [0, 0.1) is 0 Å². The number of nitrogens with zero attached hydrogens (tertiary/aromatic N) is 4. The van der Waals surface area contributed by atoms with Gasteiger partial charge in [-0.3, -0.25) is 4.79 Å². The minimum Gasteiger partial charge on any atom is -0.480 e. The molecule has 0 unspecified atom stereocenters. The topological polar surface area (TPSA) is 119 Å². The molecule has 2 aromatic rings. The summed E-state index contributed by atoms with van der Waals surface area (Å²) in [5.74, 6) is -1.00. The van der Waals surface area contributed by atoms with E-state index >= 15 is 0 Å². The van der Waals surface area contributed by atoms with E-state index in [-0.39, 0.29) is 6.61 Å². The van der Waals surface area contributed by atoms with E-state index in [2.05, 4.69) is 20.8 Å². The standard InChI is InChI=1S/C12H13N5O4/c1-17-12(14-15-16-17)8-3-2-4-9(5-8)13-10(18)6-21-7-11(19)20/h2-5H,6-7H2,1H3,(H,13,18)(H,19,20). The molecule has 0 fully saturated rings. The number of nitrogens with one attached hydrogen (secondary N) is 1. The number of hydrogen-bond acceptors (Lipinski definition) is 6. The average Bonchev–Trinajstić information content (AvgIpc) is 2.85. The minimum atomic E-state index is -1.13. The Morgan fingerprint density at radius 2 is 2.19 bits per heavy atom. The van der Waals surface area contributed by atoms with E-state index < -0.39 is 18.5 Å². The molecule has 21 heavy (non-hydrogen) atoms. The lowest BCUT2D eigenvalue weighted by atomic mass is 10.2. The summed E-state index contributed by atoms with van der Waals surface area (Å²) >= 11 is 0. The Bertz CT molecular complexity index is 655. The zero-order chi connectivity index (χ0) is 15.2. The molecule has 0 saturated heterocycles. The molecule has 0 bridgehead atoms. The molecule has 9 nitrogen and oxygen atoms in total. The fourth-order valence-electron chi connectivity index (χ4n) is 1.64. The van der Waals surface area contributed by atoms with Gasteiger partial charge in [0.15, 0.2) is 5.82 Å². The number of carboxylic acids is 1. The SMILES string of the molecule is Cn1nnnc1-c1cccc(NC(=O)COCC(=O)O)c1. The van der Waals surface area contributed by atoms with E-state index in [1.807, 2.05) is 6.07 Å². The highest BCUT2D eigenvalue weighted by molar-refractivity contribution is 5.92. The first kappa shape index (κ1) is 14.6. The molecule has 110 valence electrons. The first-order chi connectivity index (χ1) is 10.1. The molecule has 0 spiro atoms. The highest BCUT2D eigenvalue weighted by atomic mass is 16.5. The lowest BCUT2D eigenvalue weighted by molar-refractivity contribution is -0.143. The van der Waals surface area contributed by atoms with Gasteiger partial charge in [0.2, 0.25) is 5.91 Å². The molecule has 1 aromatic carbocycles. The monoisotopic (exact) mass is 291 g/mol. The maximum atomic E-state index is 11.6. The molecule has 0 atom stereocenters. The van der Waals surface area contributed by atoms with Crippen LogP contribution >= 0.6 is 0 Å². The Kier molecular flexibility index (Phi) is 4.57. The van der Waals surface area contributed by atoms with Gasteiger partial charge in [-0.15, -0.1) is 5.10 Å². The number of carbonyl (C=O) groups is 2. The highest BCUT2D eigenvalue weighted by Gasteiger charge is 2.08. The number of anilines is 1. The van der Waals surface area contributed by atoms with Crippen LogP contribution in [0.25, 0.3) is 11.4 Å². The third kappa shape index (κ3) is 4.08. The fraction of sp³-hybridized carbons (Fsp3) is 0.250. The van der Waals surface area contributed by atoms with Crippen LogP contribution in [0.2, 0.25) is 0 Å². The third-order valence-corrected chi connectivity index (χ3v) is 2.48. The molecule has 1 aromatic heterocycles.